The van der Waals surface area contributed by atoms with Gasteiger partial charge in [-0.2, -0.15) is 0 Å². The van der Waals surface area contributed by atoms with E-state index >= 15 is 0 Å². The predicted octanol–water partition coefficient (Wildman–Crippen LogP) is 2.02. The number of aryl methyl sites for hydroxylation is 1. The van der Waals surface area contributed by atoms with Crippen LogP contribution in [0, 0.1) is 6.92 Å². The van der Waals surface area contributed by atoms with Crippen LogP contribution in [0.2, 0.25) is 0 Å². The lowest BCUT2D eigenvalue weighted by Gasteiger charge is -2.01. The van der Waals surface area contributed by atoms with E-state index in [1.54, 1.807) is 6.08 Å². The number of carboxylic acid groups (broad SMARTS) is 1. The Hall–Kier alpha value is -1.57. The molecule has 0 spiro atoms. The van der Waals surface area contributed by atoms with Gasteiger partial charge in [0.2, 0.25) is 0 Å². The van der Waals surface area contributed by atoms with Gasteiger partial charge in [0, 0.05) is 12.0 Å². The Balaban J connectivity index is 2.46. The zero-order valence-corrected chi connectivity index (χ0v) is 7.37. The van der Waals surface area contributed by atoms with Crippen molar-refractivity contribution in [1.29, 1.82) is 0 Å². The molecule has 0 radical (unpaired) electrons. The third kappa shape index (κ3) is 1.24. The summed E-state index contributed by atoms with van der Waals surface area (Å²) in [5.74, 6) is -0.810. The van der Waals surface area contributed by atoms with E-state index in [0.717, 1.165) is 11.1 Å². The Morgan fingerprint density at radius 2 is 2.23 bits per heavy atom. The number of carbonyl (C=O) groups is 1. The minimum absolute atomic E-state index is 0.490. The maximum absolute atomic E-state index is 10.7. The summed E-state index contributed by atoms with van der Waals surface area (Å²) in [7, 11) is 0. The Morgan fingerprint density at radius 1 is 1.46 bits per heavy atom. The second kappa shape index (κ2) is 2.73. The lowest BCUT2D eigenvalue weighted by molar-refractivity contribution is -0.132. The van der Waals surface area contributed by atoms with E-state index in [1.165, 1.54) is 5.56 Å². The molecule has 0 saturated carbocycles. The zero-order chi connectivity index (χ0) is 9.42. The maximum atomic E-state index is 10.7. The highest BCUT2D eigenvalue weighted by Gasteiger charge is 2.18. The number of aliphatic carboxylic acids is 1. The van der Waals surface area contributed by atoms with Crippen LogP contribution in [0.25, 0.3) is 6.08 Å². The molecule has 1 aromatic carbocycles. The van der Waals surface area contributed by atoms with Gasteiger partial charge >= 0.3 is 5.97 Å². The van der Waals surface area contributed by atoms with Crippen molar-refractivity contribution >= 4 is 12.0 Å². The molecule has 2 heteroatoms. The van der Waals surface area contributed by atoms with Crippen LogP contribution in [-0.2, 0) is 11.2 Å². The number of hydrogen-bond donors (Lipinski definition) is 1. The summed E-state index contributed by atoms with van der Waals surface area (Å²) in [5.41, 5.74) is 3.87. The third-order valence-corrected chi connectivity index (χ3v) is 2.42. The summed E-state index contributed by atoms with van der Waals surface area (Å²) < 4.78 is 0. The molecule has 0 unspecified atom stereocenters. The van der Waals surface area contributed by atoms with Gasteiger partial charge in [-0.1, -0.05) is 18.2 Å². The quantitative estimate of drug-likeness (QED) is 0.707. The van der Waals surface area contributed by atoms with Crippen molar-refractivity contribution in [1.82, 2.24) is 0 Å². The molecule has 0 atom stereocenters. The molecule has 2 rings (SSSR count). The van der Waals surface area contributed by atoms with E-state index in [4.69, 9.17) is 5.11 Å². The monoisotopic (exact) mass is 174 g/mol. The van der Waals surface area contributed by atoms with E-state index in [0.29, 0.717) is 12.0 Å². The van der Waals surface area contributed by atoms with Crippen LogP contribution < -0.4 is 0 Å². The summed E-state index contributed by atoms with van der Waals surface area (Å²) in [6.07, 6.45) is 2.32. The van der Waals surface area contributed by atoms with Crippen molar-refractivity contribution in [3.8, 4) is 0 Å². The van der Waals surface area contributed by atoms with E-state index in [-0.39, 0.29) is 0 Å². The number of rotatable bonds is 1. The van der Waals surface area contributed by atoms with E-state index in [9.17, 15) is 4.79 Å². The summed E-state index contributed by atoms with van der Waals surface area (Å²) in [4.78, 5) is 10.7. The average molecular weight is 174 g/mol. The molecular weight excluding hydrogens is 164 g/mol. The molecule has 1 N–H and O–H groups in total. The van der Waals surface area contributed by atoms with E-state index < -0.39 is 5.97 Å². The van der Waals surface area contributed by atoms with Crippen molar-refractivity contribution < 1.29 is 9.90 Å². The van der Waals surface area contributed by atoms with Gasteiger partial charge in [0.15, 0.2) is 0 Å². The lowest BCUT2D eigenvalue weighted by Crippen LogP contribution is -1.99. The summed E-state index contributed by atoms with van der Waals surface area (Å²) >= 11 is 0. The van der Waals surface area contributed by atoms with Crippen molar-refractivity contribution in [2.75, 3.05) is 0 Å². The van der Waals surface area contributed by atoms with Gasteiger partial charge in [0.25, 0.3) is 0 Å². The third-order valence-electron chi connectivity index (χ3n) is 2.42. The Morgan fingerprint density at radius 3 is 2.85 bits per heavy atom. The van der Waals surface area contributed by atoms with Gasteiger partial charge in [0.1, 0.15) is 0 Å². The van der Waals surface area contributed by atoms with Crippen LogP contribution in [0.4, 0.5) is 0 Å². The first-order valence-corrected chi connectivity index (χ1v) is 4.21. The second-order valence-corrected chi connectivity index (χ2v) is 3.29. The van der Waals surface area contributed by atoms with E-state index in [1.807, 2.05) is 25.1 Å². The largest absolute Gasteiger partial charge is 0.478 e. The van der Waals surface area contributed by atoms with Crippen LogP contribution in [0.3, 0.4) is 0 Å². The highest BCUT2D eigenvalue weighted by Crippen LogP contribution is 2.27. The van der Waals surface area contributed by atoms with Gasteiger partial charge in [-0.05, 0) is 29.7 Å². The molecule has 1 aliphatic carbocycles. The fraction of sp³-hybridized carbons (Fsp3) is 0.182. The van der Waals surface area contributed by atoms with Gasteiger partial charge in [0.05, 0.1) is 0 Å². The Kier molecular flexibility index (Phi) is 1.69. The van der Waals surface area contributed by atoms with Crippen LogP contribution in [0.15, 0.2) is 23.8 Å². The molecule has 0 aromatic heterocycles. The average Bonchev–Trinajstić information content (AvgIpc) is 2.49. The number of fused-ring (bicyclic) bond motifs is 1. The fourth-order valence-electron chi connectivity index (χ4n) is 1.67. The first-order valence-electron chi connectivity index (χ1n) is 4.21. The van der Waals surface area contributed by atoms with Crippen molar-refractivity contribution in [2.45, 2.75) is 13.3 Å². The van der Waals surface area contributed by atoms with Gasteiger partial charge in [-0.25, -0.2) is 4.79 Å². The van der Waals surface area contributed by atoms with Crippen molar-refractivity contribution in [3.63, 3.8) is 0 Å². The molecule has 1 aromatic rings. The molecule has 0 fully saturated rings. The highest BCUT2D eigenvalue weighted by atomic mass is 16.4. The molecule has 13 heavy (non-hydrogen) atoms. The standard InChI is InChI=1S/C11H10O2/c1-7-3-2-4-8-5-9(11(12)13)6-10(7)8/h2-5H,6H2,1H3,(H,12,13). The minimum atomic E-state index is -0.810. The van der Waals surface area contributed by atoms with Crippen LogP contribution in [0.1, 0.15) is 16.7 Å². The fourth-order valence-corrected chi connectivity index (χ4v) is 1.67. The number of benzene rings is 1. The molecule has 0 amide bonds. The number of carboxylic acids is 1. The summed E-state index contributed by atoms with van der Waals surface area (Å²) in [6.45, 7) is 2.01. The molecule has 0 saturated heterocycles. The van der Waals surface area contributed by atoms with Crippen molar-refractivity contribution in [2.24, 2.45) is 0 Å². The lowest BCUT2D eigenvalue weighted by atomic mass is 10.0. The minimum Gasteiger partial charge on any atom is -0.478 e. The van der Waals surface area contributed by atoms with Crippen molar-refractivity contribution in [3.05, 3.63) is 40.5 Å². The Labute approximate surface area is 76.5 Å². The Bertz CT molecular complexity index is 403. The highest BCUT2D eigenvalue weighted by molar-refractivity contribution is 5.95. The summed E-state index contributed by atoms with van der Waals surface area (Å²) in [5, 5.41) is 8.81. The SMILES string of the molecule is Cc1cccc2c1CC(C(=O)O)=C2. The molecule has 0 bridgehead atoms. The predicted molar refractivity (Wildman–Crippen MR) is 50.5 cm³/mol. The maximum Gasteiger partial charge on any atom is 0.331 e. The normalized spacial score (nSPS) is 13.8. The number of hydrogen-bond acceptors (Lipinski definition) is 1. The molecule has 0 aliphatic heterocycles. The molecule has 1 aliphatic rings. The van der Waals surface area contributed by atoms with Gasteiger partial charge < -0.3 is 5.11 Å². The van der Waals surface area contributed by atoms with Gasteiger partial charge in [-0.15, -0.1) is 0 Å². The first kappa shape index (κ1) is 8.05. The smallest absolute Gasteiger partial charge is 0.331 e. The molecule has 66 valence electrons. The molecule has 2 nitrogen and oxygen atoms in total. The molecule has 0 heterocycles. The summed E-state index contributed by atoms with van der Waals surface area (Å²) in [6, 6.07) is 5.92. The van der Waals surface area contributed by atoms with Crippen LogP contribution in [-0.4, -0.2) is 11.1 Å². The van der Waals surface area contributed by atoms with E-state index in [2.05, 4.69) is 0 Å². The zero-order valence-electron chi connectivity index (χ0n) is 7.37. The van der Waals surface area contributed by atoms with Gasteiger partial charge in [-0.3, -0.25) is 0 Å². The molecular formula is C11H10O2. The van der Waals surface area contributed by atoms with Crippen LogP contribution in [0.5, 0.6) is 0 Å². The van der Waals surface area contributed by atoms with Crippen LogP contribution >= 0.6 is 0 Å². The first-order chi connectivity index (χ1) is 6.18. The second-order valence-electron chi connectivity index (χ2n) is 3.29. The topological polar surface area (TPSA) is 37.3 Å².